The number of aliphatic hydroxyl groups excluding tert-OH is 1. The summed E-state index contributed by atoms with van der Waals surface area (Å²) < 4.78 is 23.5. The van der Waals surface area contributed by atoms with Gasteiger partial charge in [0.2, 0.25) is 0 Å². The van der Waals surface area contributed by atoms with Crippen LogP contribution in [0.3, 0.4) is 0 Å². The minimum Gasteiger partial charge on any atom is -0.400 e. The van der Waals surface area contributed by atoms with Crippen molar-refractivity contribution in [3.8, 4) is 11.2 Å². The highest BCUT2D eigenvalue weighted by Crippen LogP contribution is 2.34. The maximum absolute atomic E-state index is 14.0. The molecular formula is C17H25F2IN2OS2. The third kappa shape index (κ3) is 10.3. The number of benzene rings is 1. The average molecular weight is 502 g/mol. The van der Waals surface area contributed by atoms with E-state index in [1.165, 1.54) is 26.8 Å². The summed E-state index contributed by atoms with van der Waals surface area (Å²) in [6.07, 6.45) is 0.792. The Morgan fingerprint density at radius 2 is 1.96 bits per heavy atom. The van der Waals surface area contributed by atoms with Crippen molar-refractivity contribution in [1.29, 1.82) is 0 Å². The highest BCUT2D eigenvalue weighted by Gasteiger charge is 2.23. The van der Waals surface area contributed by atoms with Crippen LogP contribution in [0.25, 0.3) is 0 Å². The van der Waals surface area contributed by atoms with Crippen LogP contribution in [-0.2, 0) is 0 Å². The van der Waals surface area contributed by atoms with Gasteiger partial charge in [-0.05, 0) is 38.8 Å². The standard InChI is InChI=1S/C13H12FIN2S2.C2H6.CH3F.CH4O/c1-8-6-12(17-13(16)19-8)10-7-9(4-5-18-15)2-3-11(10)14;3*1-2/h2-3,7-8,12H,6H2,1H3,(H2,16,17);1-2H3;1H3;2H,1H3/t8?,12-;;;/m0.../s1. The number of halogens is 3. The van der Waals surface area contributed by atoms with E-state index < -0.39 is 0 Å². The second-order valence-electron chi connectivity index (χ2n) is 4.19. The van der Waals surface area contributed by atoms with E-state index in [2.05, 4.69) is 44.3 Å². The highest BCUT2D eigenvalue weighted by atomic mass is 127. The normalized spacial score (nSPS) is 17.7. The zero-order valence-electron chi connectivity index (χ0n) is 15.0. The molecular weight excluding hydrogens is 477 g/mol. The number of aliphatic hydroxyl groups is 1. The Bertz CT molecular complexity index is 578. The number of hydrogen-bond donors (Lipinski definition) is 2. The minimum absolute atomic E-state index is 0.203. The molecule has 8 heteroatoms. The first-order valence-electron chi connectivity index (χ1n) is 7.50. The molecule has 0 aliphatic carbocycles. The summed E-state index contributed by atoms with van der Waals surface area (Å²) in [5.41, 5.74) is 7.17. The van der Waals surface area contributed by atoms with Crippen LogP contribution < -0.4 is 5.73 Å². The molecule has 142 valence electrons. The molecule has 2 atom stereocenters. The average Bonchev–Trinajstić information content (AvgIpc) is 2.65. The van der Waals surface area contributed by atoms with E-state index >= 15 is 0 Å². The predicted octanol–water partition coefficient (Wildman–Crippen LogP) is 5.32. The molecule has 0 spiro atoms. The van der Waals surface area contributed by atoms with Gasteiger partial charge in [0.05, 0.1) is 13.2 Å². The largest absolute Gasteiger partial charge is 0.400 e. The van der Waals surface area contributed by atoms with Crippen LogP contribution in [0, 0.1) is 17.0 Å². The van der Waals surface area contributed by atoms with E-state index in [4.69, 9.17) is 10.8 Å². The van der Waals surface area contributed by atoms with Gasteiger partial charge in [-0.1, -0.05) is 38.5 Å². The molecule has 2 rings (SSSR count). The van der Waals surface area contributed by atoms with Gasteiger partial charge < -0.3 is 10.8 Å². The summed E-state index contributed by atoms with van der Waals surface area (Å²) in [5, 5.41) is 10.8. The number of nitrogens with zero attached hydrogens (tertiary/aromatic N) is 1. The molecule has 0 fully saturated rings. The Balaban J connectivity index is 0. The molecule has 1 aromatic carbocycles. The van der Waals surface area contributed by atoms with Gasteiger partial charge in [0.25, 0.3) is 0 Å². The van der Waals surface area contributed by atoms with Crippen molar-refractivity contribution >= 4 is 47.1 Å². The van der Waals surface area contributed by atoms with Gasteiger partial charge in [0.15, 0.2) is 5.17 Å². The van der Waals surface area contributed by atoms with Crippen LogP contribution >= 0.6 is 41.9 Å². The number of aliphatic imine (C=N–C) groups is 1. The van der Waals surface area contributed by atoms with Crippen molar-refractivity contribution in [3.63, 3.8) is 0 Å². The lowest BCUT2D eigenvalue weighted by Crippen LogP contribution is -2.21. The predicted molar refractivity (Wildman–Crippen MR) is 117 cm³/mol. The van der Waals surface area contributed by atoms with Gasteiger partial charge >= 0.3 is 0 Å². The Hall–Kier alpha value is -0.500. The first-order valence-corrected chi connectivity index (χ1v) is 11.7. The van der Waals surface area contributed by atoms with Crippen molar-refractivity contribution < 1.29 is 13.9 Å². The highest BCUT2D eigenvalue weighted by molar-refractivity contribution is 14.2. The molecule has 0 amide bonds. The number of amidine groups is 1. The number of hydrogen-bond acceptors (Lipinski definition) is 5. The van der Waals surface area contributed by atoms with E-state index in [0.29, 0.717) is 23.2 Å². The topological polar surface area (TPSA) is 58.6 Å². The third-order valence-corrected chi connectivity index (χ3v) is 4.53. The lowest BCUT2D eigenvalue weighted by atomic mass is 10.00. The zero-order valence-corrected chi connectivity index (χ0v) is 18.8. The van der Waals surface area contributed by atoms with Crippen molar-refractivity contribution in [1.82, 2.24) is 0 Å². The summed E-state index contributed by atoms with van der Waals surface area (Å²) in [7, 11) is 2.91. The van der Waals surface area contributed by atoms with Crippen LogP contribution in [-0.4, -0.2) is 29.8 Å². The van der Waals surface area contributed by atoms with E-state index in [-0.39, 0.29) is 11.9 Å². The van der Waals surface area contributed by atoms with Gasteiger partial charge in [-0.25, -0.2) is 4.39 Å². The van der Waals surface area contributed by atoms with Crippen molar-refractivity contribution in [3.05, 3.63) is 35.1 Å². The lowest BCUT2D eigenvalue weighted by Gasteiger charge is -2.23. The quantitative estimate of drug-likeness (QED) is 0.403. The SMILES string of the molecule is CC.CC1C[C@@H](c2cc(C#CSI)ccc2F)N=C(N)S1.CF.CO. The van der Waals surface area contributed by atoms with Gasteiger partial charge in [-0.3, -0.25) is 9.38 Å². The molecule has 0 saturated heterocycles. The second-order valence-corrected chi connectivity index (χ2v) is 7.33. The van der Waals surface area contributed by atoms with Crippen molar-refractivity contribution in [2.24, 2.45) is 10.7 Å². The molecule has 3 nitrogen and oxygen atoms in total. The van der Waals surface area contributed by atoms with Gasteiger partial charge in [0, 0.05) is 44.7 Å². The summed E-state index contributed by atoms with van der Waals surface area (Å²) >= 11 is 3.64. The molecule has 0 saturated carbocycles. The van der Waals surface area contributed by atoms with Crippen LogP contribution in [0.2, 0.25) is 0 Å². The molecule has 0 aromatic heterocycles. The number of rotatable bonds is 1. The summed E-state index contributed by atoms with van der Waals surface area (Å²) in [6, 6.07) is 4.71. The van der Waals surface area contributed by atoms with Gasteiger partial charge in [-0.2, -0.15) is 0 Å². The van der Waals surface area contributed by atoms with E-state index in [0.717, 1.165) is 19.1 Å². The molecule has 1 aliphatic rings. The van der Waals surface area contributed by atoms with Gasteiger partial charge in [-0.15, -0.1) is 0 Å². The van der Waals surface area contributed by atoms with Crippen LogP contribution in [0.1, 0.15) is 44.4 Å². The summed E-state index contributed by atoms with van der Waals surface area (Å²) in [5.74, 6) is 2.74. The van der Waals surface area contributed by atoms with Crippen LogP contribution in [0.5, 0.6) is 0 Å². The van der Waals surface area contributed by atoms with Crippen LogP contribution in [0.4, 0.5) is 8.78 Å². The number of nitrogens with two attached hydrogens (primary N) is 1. The summed E-state index contributed by atoms with van der Waals surface area (Å²) in [4.78, 5) is 4.35. The fourth-order valence-electron chi connectivity index (χ4n) is 1.96. The molecule has 1 heterocycles. The Morgan fingerprint density at radius 1 is 1.36 bits per heavy atom. The number of thioether (sulfide) groups is 1. The summed E-state index contributed by atoms with van der Waals surface area (Å²) in [6.45, 7) is 6.08. The van der Waals surface area contributed by atoms with Crippen molar-refractivity contribution in [2.45, 2.75) is 38.5 Å². The first-order chi connectivity index (χ1) is 12.1. The fourth-order valence-corrected chi connectivity index (χ4v) is 3.32. The monoisotopic (exact) mass is 502 g/mol. The smallest absolute Gasteiger partial charge is 0.154 e. The molecule has 1 aliphatic heterocycles. The minimum atomic E-state index is -0.242. The molecule has 25 heavy (non-hydrogen) atoms. The molecule has 1 aromatic rings. The van der Waals surface area contributed by atoms with Crippen LogP contribution in [0.15, 0.2) is 23.2 Å². The molecule has 0 bridgehead atoms. The maximum Gasteiger partial charge on any atom is 0.154 e. The second kappa shape index (κ2) is 16.9. The van der Waals surface area contributed by atoms with E-state index in [9.17, 15) is 8.78 Å². The molecule has 3 N–H and O–H groups in total. The Morgan fingerprint density at radius 3 is 2.48 bits per heavy atom. The third-order valence-electron chi connectivity index (χ3n) is 2.75. The zero-order chi connectivity index (χ0) is 19.8. The number of alkyl halides is 1. The Kier molecular flexibility index (Phi) is 18.1. The lowest BCUT2D eigenvalue weighted by molar-refractivity contribution is 0.399. The van der Waals surface area contributed by atoms with Crippen molar-refractivity contribution in [2.75, 3.05) is 14.3 Å². The first kappa shape index (κ1) is 26.7. The fraction of sp³-hybridized carbons (Fsp3) is 0.471. The maximum atomic E-state index is 14.0. The van der Waals surface area contributed by atoms with E-state index in [1.807, 2.05) is 13.8 Å². The Labute approximate surface area is 170 Å². The van der Waals surface area contributed by atoms with Gasteiger partial charge in [0.1, 0.15) is 5.82 Å². The van der Waals surface area contributed by atoms with E-state index in [1.54, 1.807) is 12.1 Å². The molecule has 1 unspecified atom stereocenters. The molecule has 0 radical (unpaired) electrons.